The molecule has 2 heterocycles. The summed E-state index contributed by atoms with van der Waals surface area (Å²) in [4.78, 5) is 2.57. The van der Waals surface area contributed by atoms with Gasteiger partial charge in [-0.05, 0) is 55.2 Å². The molecule has 2 rings (SSSR count). The van der Waals surface area contributed by atoms with Crippen molar-refractivity contribution in [3.8, 4) is 0 Å². The Kier molecular flexibility index (Phi) is 4.81. The summed E-state index contributed by atoms with van der Waals surface area (Å²) >= 11 is 3.65. The number of nitrogens with zero attached hydrogens (tertiary/aromatic N) is 3. The quantitative estimate of drug-likeness (QED) is 0.926. The number of rotatable bonds is 4. The number of aromatic nitrogens is 2. The molecule has 2 N–H and O–H groups in total. The van der Waals surface area contributed by atoms with Crippen LogP contribution in [0.4, 0.5) is 0 Å². The smallest absolute Gasteiger partial charge is 0.0739 e. The molecule has 1 unspecified atom stereocenters. The van der Waals surface area contributed by atoms with E-state index in [4.69, 9.17) is 5.73 Å². The Balaban J connectivity index is 2.10. The lowest BCUT2D eigenvalue weighted by molar-refractivity contribution is 0.130. The highest BCUT2D eigenvalue weighted by atomic mass is 79.9. The second-order valence-corrected chi connectivity index (χ2v) is 5.96. The molecule has 0 radical (unpaired) electrons. The Morgan fingerprint density at radius 2 is 2.22 bits per heavy atom. The number of hydrogen-bond acceptors (Lipinski definition) is 3. The first kappa shape index (κ1) is 14.0. The van der Waals surface area contributed by atoms with E-state index in [0.717, 1.165) is 29.7 Å². The highest BCUT2D eigenvalue weighted by molar-refractivity contribution is 9.10. The first-order chi connectivity index (χ1) is 8.63. The average molecular weight is 315 g/mol. The van der Waals surface area contributed by atoms with Gasteiger partial charge in [-0.25, -0.2) is 0 Å². The van der Waals surface area contributed by atoms with Crippen LogP contribution in [0.25, 0.3) is 0 Å². The van der Waals surface area contributed by atoms with E-state index < -0.39 is 0 Å². The highest BCUT2D eigenvalue weighted by Gasteiger charge is 2.24. The second-order valence-electron chi connectivity index (χ2n) is 5.17. The molecule has 1 aromatic heterocycles. The van der Waals surface area contributed by atoms with Gasteiger partial charge in [0.15, 0.2) is 0 Å². The lowest BCUT2D eigenvalue weighted by Gasteiger charge is -2.35. The fourth-order valence-corrected chi connectivity index (χ4v) is 3.29. The number of halogens is 1. The molecule has 1 aromatic rings. The summed E-state index contributed by atoms with van der Waals surface area (Å²) in [7, 11) is 2.02. The van der Waals surface area contributed by atoms with E-state index in [9.17, 15) is 0 Å². The minimum absolute atomic E-state index is 0.644. The molecule has 1 atom stereocenters. The first-order valence-electron chi connectivity index (χ1n) is 6.75. The Morgan fingerprint density at radius 1 is 1.44 bits per heavy atom. The molecule has 1 fully saturated rings. The molecule has 0 aliphatic carbocycles. The van der Waals surface area contributed by atoms with E-state index >= 15 is 0 Å². The Morgan fingerprint density at radius 3 is 2.83 bits per heavy atom. The van der Waals surface area contributed by atoms with Gasteiger partial charge in [0.05, 0.1) is 15.9 Å². The van der Waals surface area contributed by atoms with Gasteiger partial charge in [-0.3, -0.25) is 9.58 Å². The summed E-state index contributed by atoms with van der Waals surface area (Å²) in [5.41, 5.74) is 8.07. The van der Waals surface area contributed by atoms with Gasteiger partial charge in [0.1, 0.15) is 0 Å². The van der Waals surface area contributed by atoms with Gasteiger partial charge in [-0.1, -0.05) is 6.42 Å². The van der Waals surface area contributed by atoms with Crippen molar-refractivity contribution < 1.29 is 0 Å². The Labute approximate surface area is 118 Å². The largest absolute Gasteiger partial charge is 0.330 e. The third-order valence-corrected chi connectivity index (χ3v) is 4.89. The van der Waals surface area contributed by atoms with E-state index in [0.29, 0.717) is 6.04 Å². The molecule has 18 heavy (non-hydrogen) atoms. The summed E-state index contributed by atoms with van der Waals surface area (Å²) in [6.07, 6.45) is 5.03. The average Bonchev–Trinajstić information content (AvgIpc) is 2.59. The van der Waals surface area contributed by atoms with Crippen molar-refractivity contribution in [2.75, 3.05) is 13.1 Å². The summed E-state index contributed by atoms with van der Waals surface area (Å²) < 4.78 is 3.15. The number of piperidine rings is 1. The zero-order chi connectivity index (χ0) is 13.1. The van der Waals surface area contributed by atoms with Gasteiger partial charge >= 0.3 is 0 Å². The van der Waals surface area contributed by atoms with Crippen molar-refractivity contribution in [3.63, 3.8) is 0 Å². The topological polar surface area (TPSA) is 47.1 Å². The molecule has 5 heteroatoms. The van der Waals surface area contributed by atoms with Crippen LogP contribution in [0.2, 0.25) is 0 Å². The first-order valence-corrected chi connectivity index (χ1v) is 7.55. The maximum absolute atomic E-state index is 5.73. The fourth-order valence-electron chi connectivity index (χ4n) is 2.83. The molecule has 4 nitrogen and oxygen atoms in total. The van der Waals surface area contributed by atoms with Crippen molar-refractivity contribution in [3.05, 3.63) is 15.9 Å². The number of hydrogen-bond donors (Lipinski definition) is 1. The van der Waals surface area contributed by atoms with Gasteiger partial charge < -0.3 is 5.73 Å². The molecule has 1 aliphatic rings. The molecule has 0 saturated carbocycles. The van der Waals surface area contributed by atoms with Gasteiger partial charge in [0, 0.05) is 19.6 Å². The van der Waals surface area contributed by atoms with Crippen LogP contribution in [-0.2, 0) is 13.6 Å². The van der Waals surface area contributed by atoms with Gasteiger partial charge in [-0.2, -0.15) is 5.10 Å². The molecular formula is C13H23BrN4. The van der Waals surface area contributed by atoms with Crippen LogP contribution in [0, 0.1) is 6.92 Å². The predicted octanol–water partition coefficient (Wildman–Crippen LogP) is 2.19. The molecule has 0 aromatic carbocycles. The minimum Gasteiger partial charge on any atom is -0.330 e. The molecular weight excluding hydrogens is 292 g/mol. The predicted molar refractivity (Wildman–Crippen MR) is 77.4 cm³/mol. The molecule has 0 bridgehead atoms. The number of likely N-dealkylation sites (tertiary alicyclic amines) is 1. The maximum atomic E-state index is 5.73. The zero-order valence-corrected chi connectivity index (χ0v) is 12.9. The summed E-state index contributed by atoms with van der Waals surface area (Å²) in [6.45, 7) is 4.98. The van der Waals surface area contributed by atoms with Crippen molar-refractivity contribution in [2.24, 2.45) is 12.8 Å². The van der Waals surface area contributed by atoms with Gasteiger partial charge in [0.25, 0.3) is 0 Å². The van der Waals surface area contributed by atoms with Crippen LogP contribution in [0.5, 0.6) is 0 Å². The van der Waals surface area contributed by atoms with Gasteiger partial charge in [0.2, 0.25) is 0 Å². The van der Waals surface area contributed by atoms with Crippen molar-refractivity contribution in [1.29, 1.82) is 0 Å². The summed E-state index contributed by atoms with van der Waals surface area (Å²) in [5.74, 6) is 0. The van der Waals surface area contributed by atoms with E-state index in [-0.39, 0.29) is 0 Å². The van der Waals surface area contributed by atoms with E-state index in [2.05, 4.69) is 25.9 Å². The Hall–Kier alpha value is -0.390. The molecule has 102 valence electrons. The maximum Gasteiger partial charge on any atom is 0.0739 e. The van der Waals surface area contributed by atoms with Crippen molar-refractivity contribution >= 4 is 15.9 Å². The van der Waals surface area contributed by atoms with Crippen LogP contribution >= 0.6 is 15.9 Å². The van der Waals surface area contributed by atoms with Crippen LogP contribution in [0.1, 0.15) is 37.1 Å². The monoisotopic (exact) mass is 314 g/mol. The second kappa shape index (κ2) is 6.17. The van der Waals surface area contributed by atoms with Crippen LogP contribution < -0.4 is 5.73 Å². The van der Waals surface area contributed by atoms with E-state index in [1.165, 1.54) is 31.5 Å². The van der Waals surface area contributed by atoms with Crippen molar-refractivity contribution in [2.45, 2.75) is 45.2 Å². The molecule has 1 saturated heterocycles. The molecule has 1 aliphatic heterocycles. The highest BCUT2D eigenvalue weighted by Crippen LogP contribution is 2.26. The summed E-state index contributed by atoms with van der Waals surface area (Å²) in [5, 5.41) is 4.47. The molecule has 0 spiro atoms. The number of aryl methyl sites for hydroxylation is 2. The lowest BCUT2D eigenvalue weighted by atomic mass is 9.99. The fraction of sp³-hybridized carbons (Fsp3) is 0.769. The lowest BCUT2D eigenvalue weighted by Crippen LogP contribution is -2.40. The standard InChI is InChI=1S/C13H23BrN4/c1-10-13(14)12(17(2)16-10)9-18-8-4-3-5-11(18)6-7-15/h11H,3-9,15H2,1-2H3. The van der Waals surface area contributed by atoms with E-state index in [1.54, 1.807) is 0 Å². The van der Waals surface area contributed by atoms with Gasteiger partial charge in [-0.15, -0.1) is 0 Å². The normalized spacial score (nSPS) is 21.4. The van der Waals surface area contributed by atoms with Crippen LogP contribution in [-0.4, -0.2) is 33.8 Å². The van der Waals surface area contributed by atoms with Crippen molar-refractivity contribution in [1.82, 2.24) is 14.7 Å². The minimum atomic E-state index is 0.644. The third-order valence-electron chi connectivity index (χ3n) is 3.86. The zero-order valence-electron chi connectivity index (χ0n) is 11.3. The SMILES string of the molecule is Cc1nn(C)c(CN2CCCCC2CCN)c1Br. The van der Waals surface area contributed by atoms with Crippen LogP contribution in [0.3, 0.4) is 0 Å². The number of nitrogens with two attached hydrogens (primary N) is 1. The Bertz CT molecular complexity index is 400. The van der Waals surface area contributed by atoms with E-state index in [1.807, 2.05) is 18.7 Å². The third kappa shape index (κ3) is 2.95. The summed E-state index contributed by atoms with van der Waals surface area (Å²) in [6, 6.07) is 0.644. The van der Waals surface area contributed by atoms with Crippen LogP contribution in [0.15, 0.2) is 4.47 Å². The molecule has 0 amide bonds.